The molecule has 9 heteroatoms. The third-order valence-corrected chi connectivity index (χ3v) is 3.57. The minimum atomic E-state index is -4.53. The van der Waals surface area contributed by atoms with Gasteiger partial charge in [-0.05, 0) is 53.7 Å². The minimum Gasteiger partial charge on any atom is -0.198 e. The summed E-state index contributed by atoms with van der Waals surface area (Å²) in [5, 5.41) is 8.44. The van der Waals surface area contributed by atoms with Crippen LogP contribution in [0.15, 0.2) is 28.0 Å². The van der Waals surface area contributed by atoms with Gasteiger partial charge in [-0.2, -0.15) is 31.6 Å². The SMILES string of the molecule is N#CCCc1cc(SC(F)(F)F)ccc1SC(F)(F)F. The van der Waals surface area contributed by atoms with Gasteiger partial charge in [0.25, 0.3) is 0 Å². The highest BCUT2D eigenvalue weighted by atomic mass is 32.2. The molecular formula is C11H7F6NS2. The summed E-state index contributed by atoms with van der Waals surface area (Å²) >= 11 is -0.794. The standard InChI is InChI=1S/C11H7F6NS2/c12-10(13,14)19-8-3-4-9(20-11(15,16)17)7(6-8)2-1-5-18/h3-4,6H,1-2H2. The van der Waals surface area contributed by atoms with Crippen LogP contribution in [-0.2, 0) is 6.42 Å². The van der Waals surface area contributed by atoms with Gasteiger partial charge in [0.05, 0.1) is 6.07 Å². The molecule has 0 aromatic heterocycles. The zero-order chi connectivity index (χ0) is 15.4. The fourth-order valence-corrected chi connectivity index (χ4v) is 2.65. The van der Waals surface area contributed by atoms with Crippen LogP contribution in [-0.4, -0.2) is 11.0 Å². The van der Waals surface area contributed by atoms with Crippen molar-refractivity contribution in [1.82, 2.24) is 0 Å². The molecule has 0 heterocycles. The molecule has 0 saturated carbocycles. The second-order valence-corrected chi connectivity index (χ2v) is 5.77. The maximum Gasteiger partial charge on any atom is 0.446 e. The summed E-state index contributed by atoms with van der Waals surface area (Å²) in [5.74, 6) is 0. The number of alkyl halides is 6. The van der Waals surface area contributed by atoms with Crippen LogP contribution >= 0.6 is 23.5 Å². The summed E-state index contributed by atoms with van der Waals surface area (Å²) in [5.41, 5.74) is -8.95. The van der Waals surface area contributed by atoms with Gasteiger partial charge in [-0.3, -0.25) is 0 Å². The Labute approximate surface area is 119 Å². The van der Waals surface area contributed by atoms with E-state index in [0.29, 0.717) is 0 Å². The second kappa shape index (κ2) is 6.63. The van der Waals surface area contributed by atoms with Gasteiger partial charge < -0.3 is 0 Å². The molecule has 0 N–H and O–H groups in total. The zero-order valence-electron chi connectivity index (χ0n) is 9.68. The van der Waals surface area contributed by atoms with Crippen molar-refractivity contribution in [3.8, 4) is 6.07 Å². The van der Waals surface area contributed by atoms with Crippen molar-refractivity contribution in [2.75, 3.05) is 0 Å². The number of thioether (sulfide) groups is 2. The van der Waals surface area contributed by atoms with E-state index in [2.05, 4.69) is 0 Å². The lowest BCUT2D eigenvalue weighted by molar-refractivity contribution is -0.0338. The van der Waals surface area contributed by atoms with Crippen LogP contribution in [0.25, 0.3) is 0 Å². The molecule has 1 aromatic rings. The van der Waals surface area contributed by atoms with E-state index in [9.17, 15) is 26.3 Å². The van der Waals surface area contributed by atoms with Crippen molar-refractivity contribution >= 4 is 23.5 Å². The van der Waals surface area contributed by atoms with Crippen molar-refractivity contribution < 1.29 is 26.3 Å². The quantitative estimate of drug-likeness (QED) is 0.548. The summed E-state index contributed by atoms with van der Waals surface area (Å²) in [6.07, 6.45) is -0.0906. The van der Waals surface area contributed by atoms with E-state index in [-0.39, 0.29) is 28.2 Å². The van der Waals surface area contributed by atoms with E-state index in [0.717, 1.165) is 18.2 Å². The molecule has 1 nitrogen and oxygen atoms in total. The molecule has 1 aromatic carbocycles. The van der Waals surface area contributed by atoms with E-state index in [4.69, 9.17) is 5.26 Å². The maximum absolute atomic E-state index is 12.3. The maximum atomic E-state index is 12.3. The number of benzene rings is 1. The molecule has 0 aliphatic rings. The monoisotopic (exact) mass is 331 g/mol. The van der Waals surface area contributed by atoms with Gasteiger partial charge in [0.15, 0.2) is 0 Å². The molecule has 0 aliphatic carbocycles. The Morgan fingerprint density at radius 2 is 1.60 bits per heavy atom. The van der Waals surface area contributed by atoms with Gasteiger partial charge >= 0.3 is 11.0 Å². The van der Waals surface area contributed by atoms with Crippen LogP contribution < -0.4 is 0 Å². The zero-order valence-corrected chi connectivity index (χ0v) is 11.3. The van der Waals surface area contributed by atoms with Crippen LogP contribution in [0.3, 0.4) is 0 Å². The molecule has 0 radical (unpaired) electrons. The average Bonchev–Trinajstić information content (AvgIpc) is 2.25. The topological polar surface area (TPSA) is 23.8 Å². The van der Waals surface area contributed by atoms with Gasteiger partial charge in [-0.1, -0.05) is 0 Å². The van der Waals surface area contributed by atoms with Gasteiger partial charge in [0, 0.05) is 16.2 Å². The molecule has 20 heavy (non-hydrogen) atoms. The van der Waals surface area contributed by atoms with Crippen LogP contribution in [0.5, 0.6) is 0 Å². The molecule has 0 fully saturated rings. The number of rotatable bonds is 4. The van der Waals surface area contributed by atoms with Crippen molar-refractivity contribution in [2.45, 2.75) is 33.6 Å². The normalized spacial score (nSPS) is 12.2. The highest BCUT2D eigenvalue weighted by Crippen LogP contribution is 2.42. The van der Waals surface area contributed by atoms with Crippen molar-refractivity contribution in [2.24, 2.45) is 0 Å². The van der Waals surface area contributed by atoms with Crippen molar-refractivity contribution in [1.29, 1.82) is 5.26 Å². The van der Waals surface area contributed by atoms with Crippen molar-refractivity contribution in [3.05, 3.63) is 23.8 Å². The van der Waals surface area contributed by atoms with Crippen molar-refractivity contribution in [3.63, 3.8) is 0 Å². The Kier molecular flexibility index (Phi) is 5.65. The summed E-state index contributed by atoms with van der Waals surface area (Å²) in [4.78, 5) is -0.378. The third kappa shape index (κ3) is 6.43. The summed E-state index contributed by atoms with van der Waals surface area (Å²) in [7, 11) is 0. The third-order valence-electron chi connectivity index (χ3n) is 2.00. The Bertz CT molecular complexity index is 503. The molecule has 0 saturated heterocycles. The Morgan fingerprint density at radius 1 is 1.00 bits per heavy atom. The molecule has 0 aliphatic heterocycles. The Hall–Kier alpha value is -1.01. The summed E-state index contributed by atoms with van der Waals surface area (Å²) < 4.78 is 73.7. The second-order valence-electron chi connectivity index (χ2n) is 3.52. The van der Waals surface area contributed by atoms with E-state index >= 15 is 0 Å². The van der Waals surface area contributed by atoms with Crippen LogP contribution in [0, 0.1) is 11.3 Å². The summed E-state index contributed by atoms with van der Waals surface area (Å²) in [6.45, 7) is 0. The Balaban J connectivity index is 3.03. The van der Waals surface area contributed by atoms with E-state index in [1.54, 1.807) is 6.07 Å². The fourth-order valence-electron chi connectivity index (χ4n) is 1.36. The van der Waals surface area contributed by atoms with Gasteiger partial charge in [-0.15, -0.1) is 0 Å². The first kappa shape index (κ1) is 17.0. The predicted molar refractivity (Wildman–Crippen MR) is 64.2 cm³/mol. The smallest absolute Gasteiger partial charge is 0.198 e. The Morgan fingerprint density at radius 3 is 2.10 bits per heavy atom. The first-order valence-corrected chi connectivity index (χ1v) is 6.75. The highest BCUT2D eigenvalue weighted by molar-refractivity contribution is 8.00. The molecule has 0 atom stereocenters. The van der Waals surface area contributed by atoms with E-state index in [1.807, 2.05) is 0 Å². The van der Waals surface area contributed by atoms with E-state index < -0.39 is 34.5 Å². The number of hydrogen-bond donors (Lipinski definition) is 0. The van der Waals surface area contributed by atoms with Crippen LogP contribution in [0.2, 0.25) is 0 Å². The lowest BCUT2D eigenvalue weighted by Gasteiger charge is -2.12. The summed E-state index contributed by atoms with van der Waals surface area (Å²) in [6, 6.07) is 4.79. The molecule has 1 rings (SSSR count). The van der Waals surface area contributed by atoms with E-state index in [1.165, 1.54) is 0 Å². The molecule has 0 amide bonds. The number of halogens is 6. The average molecular weight is 331 g/mol. The first-order valence-electron chi connectivity index (χ1n) is 5.12. The first-order chi connectivity index (χ1) is 9.11. The molecule has 0 unspecified atom stereocenters. The van der Waals surface area contributed by atoms with Crippen LogP contribution in [0.1, 0.15) is 12.0 Å². The molecule has 110 valence electrons. The van der Waals surface area contributed by atoms with Gasteiger partial charge in [0.1, 0.15) is 0 Å². The highest BCUT2D eigenvalue weighted by Gasteiger charge is 2.32. The largest absolute Gasteiger partial charge is 0.446 e. The van der Waals surface area contributed by atoms with Gasteiger partial charge in [0.2, 0.25) is 0 Å². The number of nitrogens with zero attached hydrogens (tertiary/aromatic N) is 1. The molecule has 0 bridgehead atoms. The minimum absolute atomic E-state index is 0.0266. The number of aryl methyl sites for hydroxylation is 1. The molecular weight excluding hydrogens is 324 g/mol. The number of nitriles is 1. The molecule has 0 spiro atoms. The lowest BCUT2D eigenvalue weighted by Crippen LogP contribution is -2.03. The lowest BCUT2D eigenvalue weighted by atomic mass is 10.1. The van der Waals surface area contributed by atoms with Crippen LogP contribution in [0.4, 0.5) is 26.3 Å². The number of hydrogen-bond acceptors (Lipinski definition) is 3. The van der Waals surface area contributed by atoms with Gasteiger partial charge in [-0.25, -0.2) is 0 Å². The fraction of sp³-hybridized carbons (Fsp3) is 0.364. The predicted octanol–water partition coefficient (Wildman–Crippen LogP) is 5.37.